The van der Waals surface area contributed by atoms with Crippen LogP contribution in [-0.4, -0.2) is 49.5 Å². The molecule has 1 aliphatic heterocycles. The lowest BCUT2D eigenvalue weighted by molar-refractivity contribution is -0.122. The number of aryl methyl sites for hydroxylation is 1. The molecule has 0 aliphatic carbocycles. The van der Waals surface area contributed by atoms with Gasteiger partial charge in [-0.15, -0.1) is 0 Å². The largest absolute Gasteiger partial charge is 0.497 e. The second-order valence-corrected chi connectivity index (χ2v) is 7.12. The Morgan fingerprint density at radius 3 is 2.81 bits per heavy atom. The molecule has 0 atom stereocenters. The predicted octanol–water partition coefficient (Wildman–Crippen LogP) is 1.37. The van der Waals surface area contributed by atoms with Crippen molar-refractivity contribution < 1.29 is 19.4 Å². The van der Waals surface area contributed by atoms with Crippen molar-refractivity contribution in [1.82, 2.24) is 10.3 Å². The van der Waals surface area contributed by atoms with Crippen molar-refractivity contribution >= 4 is 16.8 Å². The van der Waals surface area contributed by atoms with Gasteiger partial charge in [0, 0.05) is 48.1 Å². The first kappa shape index (κ1) is 19.4. The quantitative estimate of drug-likeness (QED) is 0.680. The number of benzene rings is 1. The summed E-state index contributed by atoms with van der Waals surface area (Å²) in [7, 11) is 1.59. The Hall–Kier alpha value is -2.38. The van der Waals surface area contributed by atoms with Crippen LogP contribution in [0.3, 0.4) is 0 Å². The molecular formula is C20H26N2O5. The fourth-order valence-corrected chi connectivity index (χ4v) is 3.36. The summed E-state index contributed by atoms with van der Waals surface area (Å²) >= 11 is 0. The van der Waals surface area contributed by atoms with Crippen LogP contribution in [0.2, 0.25) is 0 Å². The van der Waals surface area contributed by atoms with Gasteiger partial charge in [0.1, 0.15) is 5.75 Å². The molecule has 0 bridgehead atoms. The van der Waals surface area contributed by atoms with E-state index in [0.717, 1.165) is 23.7 Å². The monoisotopic (exact) mass is 374 g/mol. The average Bonchev–Trinajstić information content (AvgIpc) is 2.71. The number of ether oxygens (including phenoxy) is 2. The number of amides is 1. The van der Waals surface area contributed by atoms with Gasteiger partial charge in [0.2, 0.25) is 5.91 Å². The molecule has 0 spiro atoms. The van der Waals surface area contributed by atoms with Crippen LogP contribution in [0.5, 0.6) is 5.75 Å². The van der Waals surface area contributed by atoms with Gasteiger partial charge in [0.25, 0.3) is 5.56 Å². The smallest absolute Gasteiger partial charge is 0.251 e. The zero-order valence-corrected chi connectivity index (χ0v) is 15.5. The Morgan fingerprint density at radius 2 is 2.11 bits per heavy atom. The van der Waals surface area contributed by atoms with E-state index in [9.17, 15) is 14.7 Å². The van der Waals surface area contributed by atoms with Gasteiger partial charge >= 0.3 is 0 Å². The summed E-state index contributed by atoms with van der Waals surface area (Å²) in [5.41, 5.74) is 0.814. The lowest BCUT2D eigenvalue weighted by atomic mass is 9.81. The fraction of sp³-hybridized carbons (Fsp3) is 0.500. The van der Waals surface area contributed by atoms with Gasteiger partial charge in [-0.2, -0.15) is 0 Å². The van der Waals surface area contributed by atoms with Gasteiger partial charge in [0.05, 0.1) is 13.7 Å². The predicted molar refractivity (Wildman–Crippen MR) is 102 cm³/mol. The Bertz CT molecular complexity index is 855. The minimum atomic E-state index is -0.301. The zero-order chi connectivity index (χ0) is 19.3. The molecule has 0 radical (unpaired) electrons. The van der Waals surface area contributed by atoms with Crippen LogP contribution in [-0.2, 0) is 16.0 Å². The number of aromatic nitrogens is 1. The van der Waals surface area contributed by atoms with E-state index < -0.39 is 0 Å². The molecule has 1 aliphatic rings. The molecule has 1 aromatic carbocycles. The second kappa shape index (κ2) is 8.54. The number of H-pyrrole nitrogens is 1. The van der Waals surface area contributed by atoms with Gasteiger partial charge in [-0.25, -0.2) is 0 Å². The van der Waals surface area contributed by atoms with Crippen molar-refractivity contribution in [3.8, 4) is 5.75 Å². The average molecular weight is 374 g/mol. The highest BCUT2D eigenvalue weighted by molar-refractivity contribution is 5.81. The number of hydrogen-bond acceptors (Lipinski definition) is 5. The van der Waals surface area contributed by atoms with Crippen molar-refractivity contribution in [3.63, 3.8) is 0 Å². The molecule has 1 saturated heterocycles. The summed E-state index contributed by atoms with van der Waals surface area (Å²) in [6, 6.07) is 7.25. The van der Waals surface area contributed by atoms with Gasteiger partial charge in [-0.05, 0) is 43.5 Å². The van der Waals surface area contributed by atoms with Crippen LogP contribution in [0, 0.1) is 5.41 Å². The number of carbonyl (C=O) groups excluding carboxylic acids is 1. The first-order valence-electron chi connectivity index (χ1n) is 9.20. The maximum Gasteiger partial charge on any atom is 0.251 e. The van der Waals surface area contributed by atoms with E-state index in [1.807, 2.05) is 6.07 Å². The van der Waals surface area contributed by atoms with E-state index in [2.05, 4.69) is 10.3 Å². The molecule has 3 rings (SSSR count). The van der Waals surface area contributed by atoms with Gasteiger partial charge in [0.15, 0.2) is 0 Å². The number of carbonyl (C=O) groups is 1. The lowest BCUT2D eigenvalue weighted by Gasteiger charge is -2.35. The third kappa shape index (κ3) is 4.67. The normalized spacial score (nSPS) is 16.2. The minimum absolute atomic E-state index is 0.0306. The van der Waals surface area contributed by atoms with E-state index >= 15 is 0 Å². The van der Waals surface area contributed by atoms with E-state index in [0.29, 0.717) is 37.5 Å². The van der Waals surface area contributed by atoms with E-state index in [4.69, 9.17) is 9.47 Å². The molecule has 146 valence electrons. The van der Waals surface area contributed by atoms with Crippen molar-refractivity contribution in [1.29, 1.82) is 0 Å². The minimum Gasteiger partial charge on any atom is -0.497 e. The summed E-state index contributed by atoms with van der Waals surface area (Å²) in [6.07, 6.45) is 2.03. The summed E-state index contributed by atoms with van der Waals surface area (Å²) in [6.45, 7) is 1.67. The number of aliphatic hydroxyl groups is 1. The van der Waals surface area contributed by atoms with E-state index in [-0.39, 0.29) is 29.9 Å². The number of nitrogens with one attached hydrogen (secondary N) is 2. The number of aliphatic hydroxyl groups excluding tert-OH is 1. The highest BCUT2D eigenvalue weighted by atomic mass is 16.5. The molecule has 0 saturated carbocycles. The third-order valence-corrected chi connectivity index (χ3v) is 5.30. The maximum absolute atomic E-state index is 12.2. The Morgan fingerprint density at radius 1 is 1.33 bits per heavy atom. The molecule has 2 aromatic rings. The van der Waals surface area contributed by atoms with Crippen LogP contribution in [0.1, 0.15) is 24.8 Å². The number of rotatable bonds is 7. The van der Waals surface area contributed by atoms with Crippen molar-refractivity contribution in [2.45, 2.75) is 25.7 Å². The molecule has 1 fully saturated rings. The van der Waals surface area contributed by atoms with Crippen molar-refractivity contribution in [2.24, 2.45) is 5.41 Å². The summed E-state index contributed by atoms with van der Waals surface area (Å²) in [5.74, 6) is 0.587. The van der Waals surface area contributed by atoms with E-state index in [1.54, 1.807) is 25.3 Å². The first-order chi connectivity index (χ1) is 13.0. The van der Waals surface area contributed by atoms with Gasteiger partial charge in [-0.3, -0.25) is 9.59 Å². The fourth-order valence-electron chi connectivity index (χ4n) is 3.36. The molecular weight excluding hydrogens is 348 g/mol. The van der Waals surface area contributed by atoms with E-state index in [1.165, 1.54) is 0 Å². The Kier molecular flexibility index (Phi) is 6.13. The third-order valence-electron chi connectivity index (χ3n) is 5.30. The van der Waals surface area contributed by atoms with Crippen LogP contribution in [0.15, 0.2) is 29.1 Å². The highest BCUT2D eigenvalue weighted by Crippen LogP contribution is 2.29. The number of aromatic amines is 1. The molecule has 1 aromatic heterocycles. The molecule has 3 N–H and O–H groups in total. The highest BCUT2D eigenvalue weighted by Gasteiger charge is 2.32. The molecule has 1 amide bonds. The maximum atomic E-state index is 12.2. The van der Waals surface area contributed by atoms with Crippen molar-refractivity contribution in [2.75, 3.05) is 33.5 Å². The lowest BCUT2D eigenvalue weighted by Crippen LogP contribution is -2.43. The summed E-state index contributed by atoms with van der Waals surface area (Å²) < 4.78 is 10.5. The first-order valence-corrected chi connectivity index (χ1v) is 9.20. The molecule has 2 heterocycles. The molecule has 7 heteroatoms. The molecule has 0 unspecified atom stereocenters. The number of pyridine rings is 1. The number of fused-ring (bicyclic) bond motifs is 1. The SMILES string of the molecule is COc1ccc2[nH]c(=O)c(CCC(=O)NCC3(CO)CCOCC3)cc2c1. The Labute approximate surface area is 157 Å². The topological polar surface area (TPSA) is 101 Å². The van der Waals surface area contributed by atoms with Crippen LogP contribution in [0.4, 0.5) is 0 Å². The van der Waals surface area contributed by atoms with Crippen LogP contribution < -0.4 is 15.6 Å². The summed E-state index contributed by atoms with van der Waals surface area (Å²) in [4.78, 5) is 27.3. The zero-order valence-electron chi connectivity index (χ0n) is 15.5. The number of methoxy groups -OCH3 is 1. The molecule has 27 heavy (non-hydrogen) atoms. The Balaban J connectivity index is 1.61. The van der Waals surface area contributed by atoms with Gasteiger partial charge in [-0.1, -0.05) is 0 Å². The standard InChI is InChI=1S/C20H26N2O5/c1-26-16-3-4-17-15(11-16)10-14(19(25)22-17)2-5-18(24)21-12-20(13-23)6-8-27-9-7-20/h3-4,10-11,23H,2,5-9,12-13H2,1H3,(H,21,24)(H,22,25). The van der Waals surface area contributed by atoms with Crippen LogP contribution in [0.25, 0.3) is 10.9 Å². The van der Waals surface area contributed by atoms with Crippen molar-refractivity contribution in [3.05, 3.63) is 40.2 Å². The van der Waals surface area contributed by atoms with Crippen LogP contribution >= 0.6 is 0 Å². The number of hydrogen-bond donors (Lipinski definition) is 3. The second-order valence-electron chi connectivity index (χ2n) is 7.12. The molecule has 7 nitrogen and oxygen atoms in total. The van der Waals surface area contributed by atoms with Gasteiger partial charge < -0.3 is 24.9 Å². The summed E-state index contributed by atoms with van der Waals surface area (Å²) in [5, 5.41) is 13.4.